The topological polar surface area (TPSA) is 98.7 Å². The molecule has 11 heteroatoms. The van der Waals surface area contributed by atoms with Crippen LogP contribution in [0.4, 0.5) is 23.8 Å². The third-order valence-electron chi connectivity index (χ3n) is 5.14. The molecule has 0 bridgehead atoms. The van der Waals surface area contributed by atoms with E-state index in [-0.39, 0.29) is 30.8 Å². The van der Waals surface area contributed by atoms with Crippen LogP contribution >= 0.6 is 0 Å². The number of anilines is 1. The summed E-state index contributed by atoms with van der Waals surface area (Å²) in [6.07, 6.45) is -5.00. The van der Waals surface area contributed by atoms with Crippen LogP contribution in [0.5, 0.6) is 0 Å². The molecule has 1 amide bonds. The molecule has 8 nitrogen and oxygen atoms in total. The summed E-state index contributed by atoms with van der Waals surface area (Å²) in [5.74, 6) is 0.432. The quantitative estimate of drug-likeness (QED) is 0.713. The highest BCUT2D eigenvalue weighted by molar-refractivity contribution is 5.68. The fourth-order valence-corrected chi connectivity index (χ4v) is 3.52. The number of hydrogen-bond donors (Lipinski definition) is 2. The number of carbonyl (C=O) groups excluding carboxylic acids is 1. The van der Waals surface area contributed by atoms with E-state index in [4.69, 9.17) is 0 Å². The summed E-state index contributed by atoms with van der Waals surface area (Å²) in [7, 11) is 1.57. The van der Waals surface area contributed by atoms with Gasteiger partial charge in [-0.25, -0.2) is 4.79 Å². The third kappa shape index (κ3) is 4.20. The predicted molar refractivity (Wildman–Crippen MR) is 102 cm³/mol. The SMILES string of the molecule is CNC1(CC=O)CN(c2ccc(-c3cccc(C(F)(F)F)c3)nn2)CCN1C(=O)O. The number of benzene rings is 1. The normalized spacial score (nSPS) is 19.6. The van der Waals surface area contributed by atoms with Gasteiger partial charge in [-0.05, 0) is 31.3 Å². The second-order valence-corrected chi connectivity index (χ2v) is 6.86. The van der Waals surface area contributed by atoms with Gasteiger partial charge >= 0.3 is 12.3 Å². The Morgan fingerprint density at radius 1 is 1.27 bits per heavy atom. The van der Waals surface area contributed by atoms with Crippen LogP contribution in [0.1, 0.15) is 12.0 Å². The van der Waals surface area contributed by atoms with Crippen molar-refractivity contribution in [3.8, 4) is 11.3 Å². The van der Waals surface area contributed by atoms with Gasteiger partial charge in [0.1, 0.15) is 11.9 Å². The molecule has 0 saturated carbocycles. The average molecular weight is 423 g/mol. The van der Waals surface area contributed by atoms with E-state index in [9.17, 15) is 27.9 Å². The maximum absolute atomic E-state index is 12.9. The second kappa shape index (κ2) is 8.27. The van der Waals surface area contributed by atoms with Crippen LogP contribution in [-0.4, -0.2) is 64.9 Å². The molecule has 0 spiro atoms. The Hall–Kier alpha value is -3.21. The minimum absolute atomic E-state index is 0.0535. The fourth-order valence-electron chi connectivity index (χ4n) is 3.52. The number of halogens is 3. The maximum atomic E-state index is 12.9. The van der Waals surface area contributed by atoms with E-state index in [2.05, 4.69) is 15.5 Å². The molecule has 1 unspecified atom stereocenters. The van der Waals surface area contributed by atoms with Gasteiger partial charge in [-0.3, -0.25) is 10.2 Å². The van der Waals surface area contributed by atoms with Gasteiger partial charge in [-0.1, -0.05) is 12.1 Å². The van der Waals surface area contributed by atoms with Crippen LogP contribution in [0, 0.1) is 0 Å². The smallest absolute Gasteiger partial charge is 0.416 e. The zero-order valence-corrected chi connectivity index (χ0v) is 16.1. The number of carboxylic acid groups (broad SMARTS) is 1. The van der Waals surface area contributed by atoms with Crippen LogP contribution in [0.3, 0.4) is 0 Å². The summed E-state index contributed by atoms with van der Waals surface area (Å²) in [6.45, 7) is 0.624. The van der Waals surface area contributed by atoms with E-state index in [0.29, 0.717) is 18.6 Å². The Kier molecular flexibility index (Phi) is 5.92. The van der Waals surface area contributed by atoms with Gasteiger partial charge in [0.05, 0.1) is 17.8 Å². The first-order valence-electron chi connectivity index (χ1n) is 9.09. The summed E-state index contributed by atoms with van der Waals surface area (Å²) in [6, 6.07) is 7.98. The van der Waals surface area contributed by atoms with Crippen LogP contribution in [0.2, 0.25) is 0 Å². The molecule has 160 valence electrons. The van der Waals surface area contributed by atoms with Crippen molar-refractivity contribution in [1.82, 2.24) is 20.4 Å². The summed E-state index contributed by atoms with van der Waals surface area (Å²) in [5.41, 5.74) is -1.33. The zero-order valence-electron chi connectivity index (χ0n) is 16.1. The van der Waals surface area contributed by atoms with Crippen LogP contribution in [0.15, 0.2) is 36.4 Å². The van der Waals surface area contributed by atoms with E-state index in [1.54, 1.807) is 24.1 Å². The number of aldehydes is 1. The van der Waals surface area contributed by atoms with Crippen molar-refractivity contribution in [3.05, 3.63) is 42.0 Å². The zero-order chi connectivity index (χ0) is 21.9. The van der Waals surface area contributed by atoms with Crippen molar-refractivity contribution in [2.75, 3.05) is 31.6 Å². The van der Waals surface area contributed by atoms with Gasteiger partial charge in [0.25, 0.3) is 0 Å². The highest BCUT2D eigenvalue weighted by Crippen LogP contribution is 2.32. The van der Waals surface area contributed by atoms with E-state index in [0.717, 1.165) is 12.1 Å². The minimum Gasteiger partial charge on any atom is -0.465 e. The lowest BCUT2D eigenvalue weighted by molar-refractivity contribution is -0.137. The summed E-state index contributed by atoms with van der Waals surface area (Å²) >= 11 is 0. The number of aromatic nitrogens is 2. The predicted octanol–water partition coefficient (Wildman–Crippen LogP) is 2.47. The van der Waals surface area contributed by atoms with Gasteiger partial charge < -0.3 is 14.8 Å². The molecule has 1 atom stereocenters. The average Bonchev–Trinajstić information content (AvgIpc) is 2.73. The van der Waals surface area contributed by atoms with Crippen molar-refractivity contribution in [2.45, 2.75) is 18.3 Å². The highest BCUT2D eigenvalue weighted by Gasteiger charge is 2.43. The number of nitrogens with one attached hydrogen (secondary N) is 1. The molecule has 1 aromatic heterocycles. The van der Waals surface area contributed by atoms with Crippen LogP contribution in [-0.2, 0) is 11.0 Å². The van der Waals surface area contributed by atoms with Crippen molar-refractivity contribution in [3.63, 3.8) is 0 Å². The van der Waals surface area contributed by atoms with Crippen molar-refractivity contribution in [1.29, 1.82) is 0 Å². The Balaban J connectivity index is 1.84. The number of amides is 1. The van der Waals surface area contributed by atoms with Gasteiger partial charge in [0.15, 0.2) is 5.82 Å². The Morgan fingerprint density at radius 2 is 2.03 bits per heavy atom. The summed E-state index contributed by atoms with van der Waals surface area (Å²) < 4.78 is 38.8. The largest absolute Gasteiger partial charge is 0.465 e. The van der Waals surface area contributed by atoms with Crippen molar-refractivity contribution >= 4 is 18.2 Å². The third-order valence-corrected chi connectivity index (χ3v) is 5.14. The van der Waals surface area contributed by atoms with Crippen molar-refractivity contribution < 1.29 is 27.9 Å². The molecule has 0 radical (unpaired) electrons. The first-order valence-corrected chi connectivity index (χ1v) is 9.09. The molecule has 0 aliphatic carbocycles. The van der Waals surface area contributed by atoms with E-state index < -0.39 is 23.5 Å². The second-order valence-electron chi connectivity index (χ2n) is 6.86. The highest BCUT2D eigenvalue weighted by atomic mass is 19.4. The molecule has 1 aromatic carbocycles. The van der Waals surface area contributed by atoms with Crippen LogP contribution in [0.25, 0.3) is 11.3 Å². The number of nitrogens with zero attached hydrogens (tertiary/aromatic N) is 4. The molecule has 2 N–H and O–H groups in total. The molecule has 1 fully saturated rings. The number of alkyl halides is 3. The molecule has 3 rings (SSSR count). The molecular formula is C19H20F3N5O3. The number of piperazine rings is 1. The minimum atomic E-state index is -4.46. The molecule has 1 aliphatic rings. The van der Waals surface area contributed by atoms with Gasteiger partial charge in [-0.15, -0.1) is 10.2 Å². The Bertz CT molecular complexity index is 922. The lowest BCUT2D eigenvalue weighted by Gasteiger charge is -2.48. The molecule has 30 heavy (non-hydrogen) atoms. The number of hydrogen-bond acceptors (Lipinski definition) is 6. The summed E-state index contributed by atoms with van der Waals surface area (Å²) in [5, 5.41) is 20.6. The lowest BCUT2D eigenvalue weighted by atomic mass is 10.0. The maximum Gasteiger partial charge on any atom is 0.416 e. The molecular weight excluding hydrogens is 403 g/mol. The fraction of sp³-hybridized carbons (Fsp3) is 0.368. The molecule has 2 heterocycles. The van der Waals surface area contributed by atoms with E-state index in [1.165, 1.54) is 17.0 Å². The number of carbonyl (C=O) groups is 2. The monoisotopic (exact) mass is 423 g/mol. The number of likely N-dealkylation sites (N-methyl/N-ethyl adjacent to an activating group) is 1. The lowest BCUT2D eigenvalue weighted by Crippen LogP contribution is -2.70. The molecule has 1 saturated heterocycles. The molecule has 1 aliphatic heterocycles. The van der Waals surface area contributed by atoms with Crippen molar-refractivity contribution in [2.24, 2.45) is 0 Å². The number of rotatable bonds is 5. The summed E-state index contributed by atoms with van der Waals surface area (Å²) in [4.78, 5) is 25.7. The first kappa shape index (κ1) is 21.5. The Labute approximate surface area is 170 Å². The molecule has 2 aromatic rings. The van der Waals surface area contributed by atoms with E-state index in [1.807, 2.05) is 0 Å². The standard InChI is InChI=1S/C19H20F3N5O3/c1-23-18(7-10-28)12-26(8-9-27(18)17(29)30)16-6-5-15(24-25-16)13-3-2-4-14(11-13)19(20,21)22/h2-6,10-11,23H,7-9,12H2,1H3,(H,29,30). The van der Waals surface area contributed by atoms with E-state index >= 15 is 0 Å². The van der Waals surface area contributed by atoms with Crippen LogP contribution < -0.4 is 10.2 Å². The van der Waals surface area contributed by atoms with Gasteiger partial charge in [-0.2, -0.15) is 13.2 Å². The van der Waals surface area contributed by atoms with Gasteiger partial charge in [0, 0.05) is 25.1 Å². The van der Waals surface area contributed by atoms with Gasteiger partial charge in [0.2, 0.25) is 0 Å². The Morgan fingerprint density at radius 3 is 2.60 bits per heavy atom. The first-order chi connectivity index (χ1) is 14.2.